The Labute approximate surface area is 466 Å². The van der Waals surface area contributed by atoms with Crippen LogP contribution in [0.2, 0.25) is 0 Å². The third-order valence-corrected chi connectivity index (χ3v) is 13.1. The quantitative estimate of drug-likeness (QED) is 0.0467. The molecule has 1 saturated carbocycles. The summed E-state index contributed by atoms with van der Waals surface area (Å²) < 4.78 is 76.5. The Morgan fingerprint density at radius 1 is 0.775 bits per heavy atom. The van der Waals surface area contributed by atoms with Gasteiger partial charge in [-0.2, -0.15) is 0 Å². The largest absolute Gasteiger partial charge is 0.491 e. The first-order chi connectivity index (χ1) is 36.3. The molecule has 28 nitrogen and oxygen atoms in total. The number of guanidine groups is 1. The van der Waals surface area contributed by atoms with E-state index in [-0.39, 0.29) is 18.6 Å². The van der Waals surface area contributed by atoms with Gasteiger partial charge in [-0.15, -0.1) is 0 Å². The maximum absolute atomic E-state index is 13.9. The molecule has 1 aromatic rings. The lowest BCUT2D eigenvalue weighted by Gasteiger charge is -2.51. The number of aliphatic hydroxyl groups excluding tert-OH is 2. The molecule has 0 radical (unpaired) electrons. The number of rotatable bonds is 12. The van der Waals surface area contributed by atoms with E-state index in [2.05, 4.69) is 26.0 Å². The van der Waals surface area contributed by atoms with Crippen LogP contribution in [0.25, 0.3) is 0 Å². The molecule has 1 aromatic carbocycles. The zero-order valence-corrected chi connectivity index (χ0v) is 49.3. The SMILES string of the molecule is CN(C(=O)OC(C)(C)C)[C@@H]1[C@@H](O)[C@@H](O[C@H]2[C@H](NC(=O)OC(C)(C)C)C[C@H](NC(=O)OC(C)(C)C)C([C@H]3OC(CNS(=O)(=O)c4ccccc4[N+](=O)[O-])=CC[C@H]3N=C(NC(=O)OC(C)(C)C)NC(=O)OC(C)(C)C)[C@@H]2O)OC[C@]1(C)O. The number of carbonyl (C=O) groups is 5. The van der Waals surface area contributed by atoms with Gasteiger partial charge in [0.2, 0.25) is 16.0 Å². The van der Waals surface area contributed by atoms with Crippen LogP contribution in [-0.4, -0.2) is 179 Å². The van der Waals surface area contributed by atoms with E-state index in [9.17, 15) is 57.8 Å². The molecule has 3 aliphatic rings. The average Bonchev–Trinajstić information content (AvgIpc) is 3.24. The molecule has 1 unspecified atom stereocenters. The summed E-state index contributed by atoms with van der Waals surface area (Å²) in [5.74, 6) is -2.26. The van der Waals surface area contributed by atoms with E-state index in [4.69, 9.17) is 42.9 Å². The van der Waals surface area contributed by atoms with Gasteiger partial charge in [-0.05, 0) is 136 Å². The third kappa shape index (κ3) is 19.9. The minimum absolute atomic E-state index is 0.152. The lowest BCUT2D eigenvalue weighted by Crippen LogP contribution is -2.70. The molecule has 2 fully saturated rings. The second-order valence-corrected chi connectivity index (χ2v) is 26.5. The number of aliphatic hydroxyl groups is 3. The fourth-order valence-electron chi connectivity index (χ4n) is 8.80. The molecule has 80 heavy (non-hydrogen) atoms. The van der Waals surface area contributed by atoms with Gasteiger partial charge in [0, 0.05) is 25.1 Å². The number of hydrogen-bond donors (Lipinski definition) is 8. The lowest BCUT2D eigenvalue weighted by atomic mass is 9.72. The predicted molar refractivity (Wildman–Crippen MR) is 285 cm³/mol. The molecular weight excluding hydrogens is 1080 g/mol. The fraction of sp³-hybridized carbons (Fsp3) is 0.725. The van der Waals surface area contributed by atoms with Gasteiger partial charge < -0.3 is 68.7 Å². The van der Waals surface area contributed by atoms with Crippen molar-refractivity contribution in [3.05, 3.63) is 46.2 Å². The zero-order chi connectivity index (χ0) is 60.9. The summed E-state index contributed by atoms with van der Waals surface area (Å²) in [6.45, 7) is 23.9. The summed E-state index contributed by atoms with van der Waals surface area (Å²) >= 11 is 0. The molecule has 1 aliphatic carbocycles. The van der Waals surface area contributed by atoms with E-state index in [0.717, 1.165) is 17.0 Å². The first kappa shape index (κ1) is 66.4. The van der Waals surface area contributed by atoms with Gasteiger partial charge in [0.15, 0.2) is 11.2 Å². The van der Waals surface area contributed by atoms with Crippen LogP contribution in [0, 0.1) is 16.0 Å². The van der Waals surface area contributed by atoms with Crippen LogP contribution < -0.4 is 26.0 Å². The number of carbonyl (C=O) groups excluding carboxylic acids is 5. The number of amides is 5. The smallest absolute Gasteiger partial charge is 0.414 e. The van der Waals surface area contributed by atoms with Gasteiger partial charge in [-0.1, -0.05) is 12.1 Å². The van der Waals surface area contributed by atoms with Gasteiger partial charge in [0.05, 0.1) is 42.3 Å². The number of nitrogens with one attached hydrogen (secondary N) is 5. The van der Waals surface area contributed by atoms with Gasteiger partial charge in [-0.25, -0.2) is 42.1 Å². The minimum Gasteiger partial charge on any atom is -0.491 e. The van der Waals surface area contributed by atoms with E-state index >= 15 is 0 Å². The summed E-state index contributed by atoms with van der Waals surface area (Å²) in [6, 6.07) is -1.000. The lowest BCUT2D eigenvalue weighted by molar-refractivity contribution is -0.387. The molecule has 0 spiro atoms. The number of alkyl carbamates (subject to hydrolysis) is 4. The van der Waals surface area contributed by atoms with Crippen LogP contribution in [0.5, 0.6) is 0 Å². The summed E-state index contributed by atoms with van der Waals surface area (Å²) in [5.41, 5.74) is -7.98. The Balaban J connectivity index is 1.98. The summed E-state index contributed by atoms with van der Waals surface area (Å²) in [5, 5.41) is 58.9. The second-order valence-electron chi connectivity index (χ2n) is 24.8. The number of para-hydroxylation sites is 1. The minimum atomic E-state index is -4.66. The number of nitrogens with zero attached hydrogens (tertiary/aromatic N) is 3. The van der Waals surface area contributed by atoms with Crippen molar-refractivity contribution in [1.82, 2.24) is 30.9 Å². The molecule has 1 saturated heterocycles. The van der Waals surface area contributed by atoms with Crippen molar-refractivity contribution >= 4 is 52.1 Å². The van der Waals surface area contributed by atoms with Gasteiger partial charge in [0.1, 0.15) is 57.7 Å². The number of ether oxygens (including phenoxy) is 8. The Kier molecular flexibility index (Phi) is 21.0. The van der Waals surface area contributed by atoms with E-state index in [1.807, 2.05) is 0 Å². The van der Waals surface area contributed by atoms with Crippen molar-refractivity contribution < 1.29 is 90.5 Å². The van der Waals surface area contributed by atoms with Gasteiger partial charge in [0.25, 0.3) is 5.69 Å². The van der Waals surface area contributed by atoms with Gasteiger partial charge >= 0.3 is 30.5 Å². The normalized spacial score (nSPS) is 26.6. The number of benzene rings is 1. The van der Waals surface area contributed by atoms with Crippen LogP contribution in [0.4, 0.5) is 29.7 Å². The van der Waals surface area contributed by atoms with E-state index in [0.29, 0.717) is 0 Å². The number of likely N-dealkylation sites (N-methyl/N-ethyl adjacent to an activating group) is 1. The molecule has 11 atom stereocenters. The van der Waals surface area contributed by atoms with Crippen molar-refractivity contribution in [1.29, 1.82) is 0 Å². The van der Waals surface area contributed by atoms with Crippen LogP contribution in [0.3, 0.4) is 0 Å². The maximum atomic E-state index is 13.9. The number of hydrogen-bond acceptors (Lipinski definition) is 21. The number of aliphatic imine (C=N–C) groups is 1. The first-order valence-corrected chi connectivity index (χ1v) is 27.3. The van der Waals surface area contributed by atoms with Crippen molar-refractivity contribution in [3.63, 3.8) is 0 Å². The van der Waals surface area contributed by atoms with Crippen LogP contribution in [0.15, 0.2) is 46.0 Å². The Morgan fingerprint density at radius 2 is 1.26 bits per heavy atom. The van der Waals surface area contributed by atoms with Crippen molar-refractivity contribution in [2.75, 3.05) is 20.2 Å². The molecule has 4 rings (SSSR count). The summed E-state index contributed by atoms with van der Waals surface area (Å²) in [7, 11) is -3.38. The molecular formula is C51H82N8O20S. The Hall–Kier alpha value is -6.11. The van der Waals surface area contributed by atoms with Crippen molar-refractivity contribution in [2.45, 2.75) is 217 Å². The summed E-state index contributed by atoms with van der Waals surface area (Å²) in [6.07, 6.45) is -13.5. The molecule has 452 valence electrons. The molecule has 2 heterocycles. The Bertz CT molecular complexity index is 2550. The average molecular weight is 1160 g/mol. The predicted octanol–water partition coefficient (Wildman–Crippen LogP) is 4.58. The fourth-order valence-corrected chi connectivity index (χ4v) is 9.96. The molecule has 2 aliphatic heterocycles. The highest BCUT2D eigenvalue weighted by atomic mass is 32.2. The van der Waals surface area contributed by atoms with Crippen molar-refractivity contribution in [3.8, 4) is 0 Å². The number of sulfonamides is 1. The highest BCUT2D eigenvalue weighted by Gasteiger charge is 2.57. The van der Waals surface area contributed by atoms with Crippen molar-refractivity contribution in [2.24, 2.45) is 10.9 Å². The molecule has 0 bridgehead atoms. The number of nitro benzene ring substituents is 1. The molecule has 29 heteroatoms. The molecule has 8 N–H and O–H groups in total. The molecule has 5 amide bonds. The topological polar surface area (TPSA) is 373 Å². The standard InChI is InChI=1S/C51H82N8O20S/c1-46(2,3)75-41(62)54-29-24-30(55-42(63)76-47(4,5)6)37(74-39-35(61)38(51(16,67)26-72-39)58(17)45(66)79-50(13,14)15)34(60)33(29)36-28(53-40(56-43(64)77-48(7,8)9)57-44(65)78-49(10,11)12)23-22-27(73-36)25-52-80(70,71)32-21-19-18-20-31(32)59(68)69/h18-22,28-30,33-39,52,60-61,67H,23-26H2,1-17H3,(H,54,62)(H,55,63)(H2,53,56,57,64,65)/t28-,29+,30-,33?,34+,35-,36+,37+,38-,39-,51+/m1/s1. The van der Waals surface area contributed by atoms with E-state index in [1.54, 1.807) is 104 Å². The number of nitro groups is 1. The third-order valence-electron chi connectivity index (χ3n) is 11.6. The summed E-state index contributed by atoms with van der Waals surface area (Å²) in [4.78, 5) is 83.9. The second kappa shape index (κ2) is 25.4. The van der Waals surface area contributed by atoms with Gasteiger partial charge in [-0.3, -0.25) is 20.7 Å². The monoisotopic (exact) mass is 1160 g/mol. The van der Waals surface area contributed by atoms with E-state index in [1.165, 1.54) is 32.2 Å². The highest BCUT2D eigenvalue weighted by Crippen LogP contribution is 2.40. The zero-order valence-electron chi connectivity index (χ0n) is 48.5. The maximum Gasteiger partial charge on any atom is 0.414 e. The Morgan fingerprint density at radius 3 is 1.76 bits per heavy atom. The van der Waals surface area contributed by atoms with Crippen LogP contribution >= 0.6 is 0 Å². The molecule has 0 aromatic heterocycles. The van der Waals surface area contributed by atoms with Crippen LogP contribution in [0.1, 0.15) is 124 Å². The highest BCUT2D eigenvalue weighted by molar-refractivity contribution is 7.89. The first-order valence-electron chi connectivity index (χ1n) is 25.8. The van der Waals surface area contributed by atoms with Crippen LogP contribution in [-0.2, 0) is 47.9 Å². The van der Waals surface area contributed by atoms with E-state index < -0.39 is 170 Å².